The first-order chi connectivity index (χ1) is 10.8. The Balaban J connectivity index is 1.57. The van der Waals surface area contributed by atoms with Crippen LogP contribution in [0.15, 0.2) is 54.6 Å². The summed E-state index contributed by atoms with van der Waals surface area (Å²) >= 11 is 0. The van der Waals surface area contributed by atoms with Gasteiger partial charge in [0.1, 0.15) is 6.10 Å². The molecule has 2 heteroatoms. The third-order valence-electron chi connectivity index (χ3n) is 4.29. The van der Waals surface area contributed by atoms with Crippen LogP contribution >= 0.6 is 0 Å². The van der Waals surface area contributed by atoms with Crippen molar-refractivity contribution in [1.82, 2.24) is 0 Å². The standard InChI is InChI=1S/C20H23NO/c21-20(22-19-9-5-2-6-10-19)15-16-11-13-18(14-12-16)17-7-3-1-4-8-17/h1,3-4,7-8,11-14,19,21H,2,5-6,9-10,15H2. The molecule has 3 rings (SSSR count). The molecule has 0 spiro atoms. The van der Waals surface area contributed by atoms with E-state index in [-0.39, 0.29) is 6.10 Å². The van der Waals surface area contributed by atoms with Crippen LogP contribution in [0.3, 0.4) is 0 Å². The van der Waals surface area contributed by atoms with Gasteiger partial charge in [0.2, 0.25) is 0 Å². The minimum Gasteiger partial charge on any atom is -0.478 e. The molecular weight excluding hydrogens is 270 g/mol. The van der Waals surface area contributed by atoms with Crippen molar-refractivity contribution >= 4 is 5.90 Å². The second kappa shape index (κ2) is 7.26. The van der Waals surface area contributed by atoms with Crippen LogP contribution in [0.2, 0.25) is 0 Å². The van der Waals surface area contributed by atoms with E-state index in [2.05, 4.69) is 48.5 Å². The molecule has 0 bridgehead atoms. The van der Waals surface area contributed by atoms with Crippen LogP contribution in [0.1, 0.15) is 37.7 Å². The summed E-state index contributed by atoms with van der Waals surface area (Å²) < 4.78 is 5.79. The molecule has 0 radical (unpaired) electrons. The van der Waals surface area contributed by atoms with Gasteiger partial charge in [0.15, 0.2) is 5.90 Å². The zero-order chi connectivity index (χ0) is 15.2. The zero-order valence-electron chi connectivity index (χ0n) is 12.9. The van der Waals surface area contributed by atoms with E-state index in [0.29, 0.717) is 12.3 Å². The van der Waals surface area contributed by atoms with E-state index in [1.165, 1.54) is 30.4 Å². The van der Waals surface area contributed by atoms with Gasteiger partial charge in [-0.15, -0.1) is 0 Å². The fourth-order valence-corrected chi connectivity index (χ4v) is 3.06. The number of benzene rings is 2. The molecule has 1 N–H and O–H groups in total. The van der Waals surface area contributed by atoms with Gasteiger partial charge in [-0.1, -0.05) is 61.0 Å². The maximum absolute atomic E-state index is 8.06. The highest BCUT2D eigenvalue weighted by Crippen LogP contribution is 2.22. The molecule has 2 aromatic rings. The molecule has 2 nitrogen and oxygen atoms in total. The monoisotopic (exact) mass is 293 g/mol. The molecule has 0 aromatic heterocycles. The fourth-order valence-electron chi connectivity index (χ4n) is 3.06. The quantitative estimate of drug-likeness (QED) is 0.608. The molecular formula is C20H23NO. The Kier molecular flexibility index (Phi) is 4.89. The summed E-state index contributed by atoms with van der Waals surface area (Å²) in [7, 11) is 0. The summed E-state index contributed by atoms with van der Waals surface area (Å²) in [6, 6.07) is 18.8. The van der Waals surface area contributed by atoms with Crippen molar-refractivity contribution in [3.63, 3.8) is 0 Å². The molecule has 114 valence electrons. The molecule has 0 unspecified atom stereocenters. The lowest BCUT2D eigenvalue weighted by Crippen LogP contribution is -2.21. The van der Waals surface area contributed by atoms with Crippen molar-refractivity contribution in [2.24, 2.45) is 0 Å². The van der Waals surface area contributed by atoms with Crippen LogP contribution in [0.4, 0.5) is 0 Å². The Morgan fingerprint density at radius 1 is 0.864 bits per heavy atom. The molecule has 1 aliphatic carbocycles. The van der Waals surface area contributed by atoms with E-state index in [1.54, 1.807) is 0 Å². The molecule has 1 aliphatic rings. The molecule has 0 atom stereocenters. The summed E-state index contributed by atoms with van der Waals surface area (Å²) in [4.78, 5) is 0. The Bertz CT molecular complexity index is 597. The third-order valence-corrected chi connectivity index (χ3v) is 4.29. The molecule has 1 saturated carbocycles. The average Bonchev–Trinajstić information content (AvgIpc) is 2.57. The van der Waals surface area contributed by atoms with E-state index in [4.69, 9.17) is 10.1 Å². The Labute approximate surface area is 132 Å². The summed E-state index contributed by atoms with van der Waals surface area (Å²) in [5, 5.41) is 8.06. The Morgan fingerprint density at radius 3 is 2.18 bits per heavy atom. The van der Waals surface area contributed by atoms with Crippen molar-refractivity contribution in [1.29, 1.82) is 5.41 Å². The lowest BCUT2D eigenvalue weighted by molar-refractivity contribution is 0.138. The van der Waals surface area contributed by atoms with Gasteiger partial charge in [0.05, 0.1) is 0 Å². The van der Waals surface area contributed by atoms with E-state index in [1.807, 2.05) is 6.07 Å². The summed E-state index contributed by atoms with van der Waals surface area (Å²) in [5.74, 6) is 0.402. The van der Waals surface area contributed by atoms with Crippen LogP contribution in [0.25, 0.3) is 11.1 Å². The minimum atomic E-state index is 0.268. The molecule has 0 aliphatic heterocycles. The highest BCUT2D eigenvalue weighted by molar-refractivity contribution is 5.76. The van der Waals surface area contributed by atoms with Gasteiger partial charge >= 0.3 is 0 Å². The molecule has 1 fully saturated rings. The van der Waals surface area contributed by atoms with Gasteiger partial charge in [-0.2, -0.15) is 0 Å². The highest BCUT2D eigenvalue weighted by atomic mass is 16.5. The lowest BCUT2D eigenvalue weighted by atomic mass is 9.98. The van der Waals surface area contributed by atoms with Crippen LogP contribution < -0.4 is 0 Å². The van der Waals surface area contributed by atoms with Gasteiger partial charge < -0.3 is 4.74 Å². The normalized spacial score (nSPS) is 15.5. The first-order valence-corrected chi connectivity index (χ1v) is 8.20. The van der Waals surface area contributed by atoms with Gasteiger partial charge in [-0.05, 0) is 42.4 Å². The van der Waals surface area contributed by atoms with E-state index < -0.39 is 0 Å². The third kappa shape index (κ3) is 3.97. The maximum Gasteiger partial charge on any atom is 0.185 e. The maximum atomic E-state index is 8.06. The van der Waals surface area contributed by atoms with E-state index in [9.17, 15) is 0 Å². The van der Waals surface area contributed by atoms with Crippen molar-refractivity contribution < 1.29 is 4.74 Å². The molecule has 2 aromatic carbocycles. The van der Waals surface area contributed by atoms with Crippen LogP contribution in [-0.2, 0) is 11.2 Å². The molecule has 0 saturated heterocycles. The SMILES string of the molecule is N=C(Cc1ccc(-c2ccccc2)cc1)OC1CCCCC1. The first kappa shape index (κ1) is 14.8. The number of ether oxygens (including phenoxy) is 1. The predicted molar refractivity (Wildman–Crippen MR) is 91.3 cm³/mol. The van der Waals surface area contributed by atoms with Crippen molar-refractivity contribution in [2.75, 3.05) is 0 Å². The van der Waals surface area contributed by atoms with Gasteiger partial charge in [-0.3, -0.25) is 5.41 Å². The van der Waals surface area contributed by atoms with Gasteiger partial charge in [0.25, 0.3) is 0 Å². The smallest absolute Gasteiger partial charge is 0.185 e. The number of hydrogen-bond acceptors (Lipinski definition) is 2. The van der Waals surface area contributed by atoms with Gasteiger partial charge in [-0.25, -0.2) is 0 Å². The average molecular weight is 293 g/mol. The van der Waals surface area contributed by atoms with Crippen LogP contribution in [0.5, 0.6) is 0 Å². The summed E-state index contributed by atoms with van der Waals surface area (Å²) in [6.07, 6.45) is 6.86. The zero-order valence-corrected chi connectivity index (χ0v) is 12.9. The molecule has 0 heterocycles. The number of nitrogens with one attached hydrogen (secondary N) is 1. The summed E-state index contributed by atoms with van der Waals surface area (Å²) in [5.41, 5.74) is 3.58. The number of rotatable bonds is 4. The van der Waals surface area contributed by atoms with Crippen LogP contribution in [-0.4, -0.2) is 12.0 Å². The predicted octanol–water partition coefficient (Wildman–Crippen LogP) is 5.22. The molecule has 0 amide bonds. The largest absolute Gasteiger partial charge is 0.478 e. The van der Waals surface area contributed by atoms with Crippen LogP contribution in [0, 0.1) is 5.41 Å². The van der Waals surface area contributed by atoms with E-state index in [0.717, 1.165) is 18.4 Å². The topological polar surface area (TPSA) is 33.1 Å². The lowest BCUT2D eigenvalue weighted by Gasteiger charge is -2.23. The fraction of sp³-hybridized carbons (Fsp3) is 0.350. The van der Waals surface area contributed by atoms with Gasteiger partial charge in [0, 0.05) is 6.42 Å². The number of hydrogen-bond donors (Lipinski definition) is 1. The summed E-state index contributed by atoms with van der Waals surface area (Å²) in [6.45, 7) is 0. The van der Waals surface area contributed by atoms with Crippen molar-refractivity contribution in [2.45, 2.75) is 44.6 Å². The molecule has 22 heavy (non-hydrogen) atoms. The minimum absolute atomic E-state index is 0.268. The Hall–Kier alpha value is -2.09. The van der Waals surface area contributed by atoms with E-state index >= 15 is 0 Å². The Morgan fingerprint density at radius 2 is 1.50 bits per heavy atom. The van der Waals surface area contributed by atoms with Crippen molar-refractivity contribution in [3.8, 4) is 11.1 Å². The van der Waals surface area contributed by atoms with Crippen molar-refractivity contribution in [3.05, 3.63) is 60.2 Å². The highest BCUT2D eigenvalue weighted by Gasteiger charge is 2.16. The second-order valence-electron chi connectivity index (χ2n) is 6.04. The first-order valence-electron chi connectivity index (χ1n) is 8.20. The second-order valence-corrected chi connectivity index (χ2v) is 6.04.